The largest absolute Gasteiger partial charge is 0.376 e. The van der Waals surface area contributed by atoms with Crippen LogP contribution in [0.15, 0.2) is 18.5 Å². The van der Waals surface area contributed by atoms with E-state index < -0.39 is 0 Å². The summed E-state index contributed by atoms with van der Waals surface area (Å²) in [4.78, 5) is 25.6. The molecule has 2 aromatic rings. The number of H-pyrrole nitrogens is 1. The van der Waals surface area contributed by atoms with Crippen LogP contribution in [0, 0.1) is 5.92 Å². The summed E-state index contributed by atoms with van der Waals surface area (Å²) in [5.41, 5.74) is 2.67. The summed E-state index contributed by atoms with van der Waals surface area (Å²) in [6, 6.07) is 2.52. The molecule has 5 rings (SSSR count). The number of fused-ring (bicyclic) bond motifs is 3. The lowest BCUT2D eigenvalue weighted by molar-refractivity contribution is 0.0500. The zero-order valence-electron chi connectivity index (χ0n) is 17.9. The number of pyridine rings is 1. The molecule has 1 saturated heterocycles. The number of aromatic nitrogens is 2. The summed E-state index contributed by atoms with van der Waals surface area (Å²) in [6.07, 6.45) is 10.8. The Balaban J connectivity index is 1.42. The average molecular weight is 412 g/mol. The zero-order chi connectivity index (χ0) is 20.5. The van der Waals surface area contributed by atoms with Gasteiger partial charge in [-0.15, -0.1) is 0 Å². The normalized spacial score (nSPS) is 27.1. The van der Waals surface area contributed by atoms with Crippen molar-refractivity contribution in [3.05, 3.63) is 24.0 Å². The van der Waals surface area contributed by atoms with Crippen molar-refractivity contribution in [1.29, 1.82) is 0 Å². The second-order valence-corrected chi connectivity index (χ2v) is 9.02. The summed E-state index contributed by atoms with van der Waals surface area (Å²) in [7, 11) is 0. The second-order valence-electron chi connectivity index (χ2n) is 9.02. The predicted molar refractivity (Wildman–Crippen MR) is 118 cm³/mol. The molecular weight excluding hydrogens is 378 g/mol. The van der Waals surface area contributed by atoms with Gasteiger partial charge in [-0.05, 0) is 63.6 Å². The molecule has 3 aliphatic rings. The number of nitrogens with zero attached hydrogens (tertiary/aromatic N) is 3. The van der Waals surface area contributed by atoms with Crippen molar-refractivity contribution >= 4 is 22.6 Å². The van der Waals surface area contributed by atoms with E-state index in [-0.39, 0.29) is 12.0 Å². The molecule has 0 bridgehead atoms. The first-order valence-electron chi connectivity index (χ1n) is 11.6. The third-order valence-corrected chi connectivity index (χ3v) is 7.07. The lowest BCUT2D eigenvalue weighted by atomic mass is 9.84. The molecule has 1 unspecified atom stereocenters. The SMILES string of the molecule is CCNCC1CCC(N2CN(CC3CCCO3)C(=O)c3cnc4[nH]ccc4c32)CC1. The molecule has 0 radical (unpaired) electrons. The number of carbonyl (C=O) groups is 1. The Hall–Kier alpha value is -2.12. The number of amides is 1. The highest BCUT2D eigenvalue weighted by atomic mass is 16.5. The van der Waals surface area contributed by atoms with E-state index >= 15 is 0 Å². The minimum atomic E-state index is 0.0909. The van der Waals surface area contributed by atoms with Crippen molar-refractivity contribution in [2.24, 2.45) is 5.92 Å². The number of rotatable bonds is 6. The van der Waals surface area contributed by atoms with Gasteiger partial charge in [0.25, 0.3) is 5.91 Å². The molecule has 0 aromatic carbocycles. The molecule has 2 aliphatic heterocycles. The van der Waals surface area contributed by atoms with Crippen molar-refractivity contribution in [1.82, 2.24) is 20.2 Å². The molecule has 2 fully saturated rings. The van der Waals surface area contributed by atoms with Crippen LogP contribution < -0.4 is 10.2 Å². The second kappa shape index (κ2) is 8.55. The van der Waals surface area contributed by atoms with Gasteiger partial charge in [0, 0.05) is 37.0 Å². The van der Waals surface area contributed by atoms with Crippen LogP contribution >= 0.6 is 0 Å². The Morgan fingerprint density at radius 3 is 2.90 bits per heavy atom. The van der Waals surface area contributed by atoms with Gasteiger partial charge in [-0.3, -0.25) is 4.79 Å². The Bertz CT molecular complexity index is 883. The number of anilines is 1. The number of aromatic amines is 1. The predicted octanol–water partition coefficient (Wildman–Crippen LogP) is 3.13. The molecule has 2 N–H and O–H groups in total. The summed E-state index contributed by atoms with van der Waals surface area (Å²) < 4.78 is 5.84. The first-order chi connectivity index (χ1) is 14.7. The van der Waals surface area contributed by atoms with E-state index in [9.17, 15) is 4.79 Å². The number of carbonyl (C=O) groups excluding carboxylic acids is 1. The maximum absolute atomic E-state index is 13.4. The molecule has 1 atom stereocenters. The van der Waals surface area contributed by atoms with Crippen molar-refractivity contribution in [2.45, 2.75) is 57.6 Å². The van der Waals surface area contributed by atoms with E-state index in [1.165, 1.54) is 25.7 Å². The number of hydrogen-bond donors (Lipinski definition) is 2. The lowest BCUT2D eigenvalue weighted by Gasteiger charge is -2.45. The number of ether oxygens (including phenoxy) is 1. The third kappa shape index (κ3) is 3.69. The smallest absolute Gasteiger partial charge is 0.259 e. The van der Waals surface area contributed by atoms with Crippen molar-refractivity contribution in [3.63, 3.8) is 0 Å². The van der Waals surface area contributed by atoms with E-state index in [4.69, 9.17) is 4.74 Å². The van der Waals surface area contributed by atoms with E-state index in [0.717, 1.165) is 60.7 Å². The van der Waals surface area contributed by atoms with Crippen LogP contribution in [0.1, 0.15) is 55.8 Å². The highest BCUT2D eigenvalue weighted by Crippen LogP contribution is 2.39. The van der Waals surface area contributed by atoms with Gasteiger partial charge in [-0.2, -0.15) is 0 Å². The van der Waals surface area contributed by atoms with Crippen LogP contribution in [0.25, 0.3) is 11.0 Å². The van der Waals surface area contributed by atoms with Gasteiger partial charge in [0.05, 0.1) is 24.0 Å². The molecule has 4 heterocycles. The fourth-order valence-electron chi connectivity index (χ4n) is 5.43. The monoisotopic (exact) mass is 411 g/mol. The molecule has 0 spiro atoms. The lowest BCUT2D eigenvalue weighted by Crippen LogP contribution is -2.53. The average Bonchev–Trinajstić information content (AvgIpc) is 3.46. The van der Waals surface area contributed by atoms with Gasteiger partial charge >= 0.3 is 0 Å². The Morgan fingerprint density at radius 1 is 1.27 bits per heavy atom. The van der Waals surface area contributed by atoms with Crippen LogP contribution in [-0.2, 0) is 4.74 Å². The fourth-order valence-corrected chi connectivity index (χ4v) is 5.43. The third-order valence-electron chi connectivity index (χ3n) is 7.07. The first kappa shape index (κ1) is 19.8. The molecule has 162 valence electrons. The summed E-state index contributed by atoms with van der Waals surface area (Å²) in [5, 5.41) is 4.57. The molecular formula is C23H33N5O2. The van der Waals surface area contributed by atoms with E-state index in [0.29, 0.717) is 19.3 Å². The van der Waals surface area contributed by atoms with Crippen molar-refractivity contribution in [3.8, 4) is 0 Å². The van der Waals surface area contributed by atoms with E-state index in [1.807, 2.05) is 11.1 Å². The molecule has 1 saturated carbocycles. The molecule has 7 heteroatoms. The minimum absolute atomic E-state index is 0.0909. The van der Waals surface area contributed by atoms with Gasteiger partial charge in [0.2, 0.25) is 0 Å². The molecule has 7 nitrogen and oxygen atoms in total. The van der Waals surface area contributed by atoms with Crippen LogP contribution in [0.2, 0.25) is 0 Å². The standard InChI is InChI=1S/C23H33N5O2/c1-2-24-12-16-5-7-17(8-6-16)28-15-27(14-18-4-3-11-30-18)23(29)20-13-26-22-19(21(20)28)9-10-25-22/h9-10,13,16-18,24H,2-8,11-12,14-15H2,1H3,(H,25,26). The van der Waals surface area contributed by atoms with Gasteiger partial charge in [-0.1, -0.05) is 6.92 Å². The highest BCUT2D eigenvalue weighted by molar-refractivity contribution is 6.08. The minimum Gasteiger partial charge on any atom is -0.376 e. The fraction of sp³-hybridized carbons (Fsp3) is 0.652. The highest BCUT2D eigenvalue weighted by Gasteiger charge is 2.37. The molecule has 2 aromatic heterocycles. The summed E-state index contributed by atoms with van der Waals surface area (Å²) in [6.45, 7) is 6.47. The zero-order valence-corrected chi connectivity index (χ0v) is 17.9. The van der Waals surface area contributed by atoms with E-state index in [1.54, 1.807) is 6.20 Å². The quantitative estimate of drug-likeness (QED) is 0.764. The van der Waals surface area contributed by atoms with Gasteiger partial charge in [-0.25, -0.2) is 4.98 Å². The maximum atomic E-state index is 13.4. The number of hydrogen-bond acceptors (Lipinski definition) is 5. The molecule has 30 heavy (non-hydrogen) atoms. The van der Waals surface area contributed by atoms with Crippen molar-refractivity contribution < 1.29 is 9.53 Å². The van der Waals surface area contributed by atoms with Crippen LogP contribution in [0.5, 0.6) is 0 Å². The number of nitrogens with one attached hydrogen (secondary N) is 2. The molecule has 1 aliphatic carbocycles. The van der Waals surface area contributed by atoms with Crippen LogP contribution in [0.3, 0.4) is 0 Å². The van der Waals surface area contributed by atoms with E-state index in [2.05, 4.69) is 33.2 Å². The maximum Gasteiger partial charge on any atom is 0.259 e. The van der Waals surface area contributed by atoms with Crippen LogP contribution in [-0.4, -0.2) is 65.8 Å². The topological polar surface area (TPSA) is 73.5 Å². The van der Waals surface area contributed by atoms with Gasteiger partial charge in [0.1, 0.15) is 5.65 Å². The first-order valence-corrected chi connectivity index (χ1v) is 11.6. The Kier molecular flexibility index (Phi) is 5.65. The summed E-state index contributed by atoms with van der Waals surface area (Å²) >= 11 is 0. The van der Waals surface area contributed by atoms with Gasteiger partial charge in [0.15, 0.2) is 0 Å². The van der Waals surface area contributed by atoms with Crippen LogP contribution in [0.4, 0.5) is 5.69 Å². The summed E-state index contributed by atoms with van der Waals surface area (Å²) in [5.74, 6) is 0.855. The molecule has 1 amide bonds. The Labute approximate surface area is 178 Å². The van der Waals surface area contributed by atoms with Gasteiger partial charge < -0.3 is 24.8 Å². The van der Waals surface area contributed by atoms with Crippen molar-refractivity contribution in [2.75, 3.05) is 37.8 Å². The Morgan fingerprint density at radius 2 is 2.13 bits per heavy atom.